The molecule has 0 unspecified atom stereocenters. The summed E-state index contributed by atoms with van der Waals surface area (Å²) in [5.74, 6) is -0.452. The minimum absolute atomic E-state index is 0.0596. The number of hydrogen-bond acceptors (Lipinski definition) is 6. The molecule has 2 N–H and O–H groups in total. The summed E-state index contributed by atoms with van der Waals surface area (Å²) in [6, 6.07) is 1.65. The van der Waals surface area contributed by atoms with Gasteiger partial charge in [0.1, 0.15) is 0 Å². The molecule has 4 aliphatic rings. The summed E-state index contributed by atoms with van der Waals surface area (Å²) in [6.45, 7) is 2.20. The summed E-state index contributed by atoms with van der Waals surface area (Å²) in [5.41, 5.74) is 1.78. The monoisotopic (exact) mass is 384 g/mol. The second-order valence-corrected chi connectivity index (χ2v) is 8.86. The molecule has 1 aromatic carbocycles. The van der Waals surface area contributed by atoms with Gasteiger partial charge in [-0.3, -0.25) is 0 Å². The van der Waals surface area contributed by atoms with Crippen molar-refractivity contribution in [1.29, 1.82) is 0 Å². The zero-order valence-corrected chi connectivity index (χ0v) is 15.8. The third kappa shape index (κ3) is 2.43. The van der Waals surface area contributed by atoms with Gasteiger partial charge < -0.3 is 19.7 Å². The van der Waals surface area contributed by atoms with Crippen molar-refractivity contribution in [3.05, 3.63) is 29.3 Å². The Balaban J connectivity index is 1.63. The van der Waals surface area contributed by atoms with Crippen molar-refractivity contribution in [2.24, 2.45) is 17.3 Å². The van der Waals surface area contributed by atoms with Gasteiger partial charge in [0.05, 0.1) is 6.10 Å². The quantitative estimate of drug-likeness (QED) is 0.528. The van der Waals surface area contributed by atoms with E-state index in [1.807, 2.05) is 0 Å². The van der Waals surface area contributed by atoms with Crippen LogP contribution in [0.1, 0.15) is 56.1 Å². The number of phenolic OH excluding ortho intramolecular Hbond substituents is 1. The number of hydrogen-bond donors (Lipinski definition) is 2. The van der Waals surface area contributed by atoms with E-state index >= 15 is 0 Å². The number of phenols is 1. The molecule has 0 radical (unpaired) electrons. The summed E-state index contributed by atoms with van der Waals surface area (Å²) >= 11 is 0. The predicted octanol–water partition coefficient (Wildman–Crippen LogP) is 2.99. The number of rotatable bonds is 0. The lowest BCUT2D eigenvalue weighted by molar-refractivity contribution is -0.133. The standard InChI is InChI=1S/C22H24O6/c1-22-9-8-13-12(14(22)4-5-16(22)24)3-2-11-10-15(23)20-21(19(11)13)28-18(26)7-6-17(25)27-20/h6-7,10,12-14,16,23-24H,2-5,8-9H2,1H3/b7-6+/t12-,13-,14-,16-,22-/m0/s1. The molecule has 2 fully saturated rings. The summed E-state index contributed by atoms with van der Waals surface area (Å²) in [5, 5.41) is 21.0. The van der Waals surface area contributed by atoms with E-state index in [0.717, 1.165) is 61.8 Å². The van der Waals surface area contributed by atoms with Gasteiger partial charge in [0.25, 0.3) is 0 Å². The fourth-order valence-electron chi connectivity index (χ4n) is 6.25. The molecule has 3 aliphatic carbocycles. The first-order valence-electron chi connectivity index (χ1n) is 10.1. The van der Waals surface area contributed by atoms with Crippen LogP contribution in [-0.2, 0) is 16.0 Å². The summed E-state index contributed by atoms with van der Waals surface area (Å²) in [4.78, 5) is 24.1. The van der Waals surface area contributed by atoms with Crippen molar-refractivity contribution in [3.63, 3.8) is 0 Å². The highest BCUT2D eigenvalue weighted by atomic mass is 16.6. The van der Waals surface area contributed by atoms with Gasteiger partial charge in [0.2, 0.25) is 5.75 Å². The molecular weight excluding hydrogens is 360 g/mol. The Hall–Kier alpha value is -2.34. The number of aryl methyl sites for hydroxylation is 1. The van der Waals surface area contributed by atoms with E-state index < -0.39 is 11.9 Å². The molecule has 1 aromatic rings. The first kappa shape index (κ1) is 17.7. The molecule has 0 amide bonds. The van der Waals surface area contributed by atoms with Gasteiger partial charge >= 0.3 is 11.9 Å². The van der Waals surface area contributed by atoms with Crippen LogP contribution >= 0.6 is 0 Å². The van der Waals surface area contributed by atoms with Gasteiger partial charge in [0, 0.05) is 17.7 Å². The van der Waals surface area contributed by atoms with E-state index in [1.54, 1.807) is 6.07 Å². The van der Waals surface area contributed by atoms with E-state index in [2.05, 4.69) is 6.92 Å². The molecule has 5 atom stereocenters. The van der Waals surface area contributed by atoms with Crippen molar-refractivity contribution in [3.8, 4) is 17.2 Å². The van der Waals surface area contributed by atoms with E-state index in [1.165, 1.54) is 0 Å². The number of ether oxygens (including phenoxy) is 2. The second-order valence-electron chi connectivity index (χ2n) is 8.86. The van der Waals surface area contributed by atoms with Crippen LogP contribution in [0.25, 0.3) is 0 Å². The Bertz CT molecular complexity index is 903. The number of aromatic hydroxyl groups is 1. The van der Waals surface area contributed by atoms with Crippen LogP contribution in [-0.4, -0.2) is 28.3 Å². The Morgan fingerprint density at radius 3 is 2.50 bits per heavy atom. The van der Waals surface area contributed by atoms with Gasteiger partial charge in [-0.05, 0) is 73.3 Å². The van der Waals surface area contributed by atoms with Crippen LogP contribution in [0.2, 0.25) is 0 Å². The van der Waals surface area contributed by atoms with E-state index in [9.17, 15) is 19.8 Å². The van der Waals surface area contributed by atoms with Crippen LogP contribution in [0.3, 0.4) is 0 Å². The van der Waals surface area contributed by atoms with E-state index in [-0.39, 0.29) is 34.7 Å². The number of carbonyl (C=O) groups is 2. The molecule has 5 rings (SSSR count). The highest BCUT2D eigenvalue weighted by Gasteiger charge is 2.55. The molecule has 1 aliphatic heterocycles. The van der Waals surface area contributed by atoms with Crippen LogP contribution < -0.4 is 9.47 Å². The van der Waals surface area contributed by atoms with Gasteiger partial charge in [0.15, 0.2) is 11.5 Å². The number of esters is 2. The highest BCUT2D eigenvalue weighted by Crippen LogP contribution is 2.63. The lowest BCUT2D eigenvalue weighted by Crippen LogP contribution is -2.44. The predicted molar refractivity (Wildman–Crippen MR) is 99.1 cm³/mol. The molecule has 0 spiro atoms. The molecular formula is C22H24O6. The lowest BCUT2D eigenvalue weighted by atomic mass is 9.55. The molecule has 6 heteroatoms. The van der Waals surface area contributed by atoms with Crippen LogP contribution in [0.5, 0.6) is 17.2 Å². The third-order valence-electron chi connectivity index (χ3n) is 7.61. The van der Waals surface area contributed by atoms with Crippen molar-refractivity contribution < 1.29 is 29.3 Å². The minimum Gasteiger partial charge on any atom is -0.504 e. The third-order valence-corrected chi connectivity index (χ3v) is 7.61. The molecule has 148 valence electrons. The van der Waals surface area contributed by atoms with Gasteiger partial charge in [-0.2, -0.15) is 0 Å². The molecule has 6 nitrogen and oxygen atoms in total. The maximum Gasteiger partial charge on any atom is 0.336 e. The van der Waals surface area contributed by atoms with Gasteiger partial charge in [-0.1, -0.05) is 6.92 Å². The molecule has 2 saturated carbocycles. The number of fused-ring (bicyclic) bond motifs is 7. The number of aliphatic hydroxyl groups is 1. The first-order valence-corrected chi connectivity index (χ1v) is 10.1. The van der Waals surface area contributed by atoms with E-state index in [0.29, 0.717) is 11.8 Å². The SMILES string of the molecule is C[C@]12CC[C@@H]3c4c(cc(O)c5c4OC(=O)/C=C/C(=O)O5)CC[C@@H]3[C@@H]1CC[C@@H]2O. The fraction of sp³-hybridized carbons (Fsp3) is 0.545. The number of carbonyl (C=O) groups excluding carboxylic acids is 2. The van der Waals surface area contributed by atoms with Crippen molar-refractivity contribution >= 4 is 11.9 Å². The first-order chi connectivity index (χ1) is 13.4. The fourth-order valence-corrected chi connectivity index (χ4v) is 6.25. The van der Waals surface area contributed by atoms with Crippen LogP contribution in [0.15, 0.2) is 18.2 Å². The van der Waals surface area contributed by atoms with Crippen LogP contribution in [0.4, 0.5) is 0 Å². The molecule has 0 saturated heterocycles. The van der Waals surface area contributed by atoms with Gasteiger partial charge in [-0.25, -0.2) is 9.59 Å². The molecule has 1 heterocycles. The average molecular weight is 384 g/mol. The lowest BCUT2D eigenvalue weighted by Gasteiger charge is -2.50. The average Bonchev–Trinajstić information content (AvgIpc) is 2.96. The summed E-state index contributed by atoms with van der Waals surface area (Å²) in [7, 11) is 0. The Kier molecular flexibility index (Phi) is 3.85. The van der Waals surface area contributed by atoms with Crippen molar-refractivity contribution in [1.82, 2.24) is 0 Å². The zero-order valence-electron chi connectivity index (χ0n) is 15.8. The Morgan fingerprint density at radius 2 is 1.75 bits per heavy atom. The maximum absolute atomic E-state index is 12.1. The normalized spacial score (nSPS) is 37.4. The van der Waals surface area contributed by atoms with Crippen molar-refractivity contribution in [2.75, 3.05) is 0 Å². The summed E-state index contributed by atoms with van der Waals surface area (Å²) < 4.78 is 10.9. The molecule has 0 aromatic heterocycles. The molecule has 28 heavy (non-hydrogen) atoms. The van der Waals surface area contributed by atoms with Crippen molar-refractivity contribution in [2.45, 2.75) is 57.5 Å². The summed E-state index contributed by atoms with van der Waals surface area (Å²) in [6.07, 6.45) is 7.16. The minimum atomic E-state index is -0.712. The topological polar surface area (TPSA) is 93.1 Å². The van der Waals surface area contributed by atoms with Gasteiger partial charge in [-0.15, -0.1) is 0 Å². The number of aliphatic hydroxyl groups excluding tert-OH is 1. The zero-order chi connectivity index (χ0) is 19.6. The van der Waals surface area contributed by atoms with E-state index in [4.69, 9.17) is 9.47 Å². The Labute approximate surface area is 163 Å². The number of benzene rings is 1. The Morgan fingerprint density at radius 1 is 1.04 bits per heavy atom. The maximum atomic E-state index is 12.1. The highest BCUT2D eigenvalue weighted by molar-refractivity contribution is 5.96. The smallest absolute Gasteiger partial charge is 0.336 e. The largest absolute Gasteiger partial charge is 0.504 e. The van der Waals surface area contributed by atoms with Crippen LogP contribution in [0, 0.1) is 17.3 Å². The second kappa shape index (κ2) is 6.08. The molecule has 0 bridgehead atoms.